The first-order chi connectivity index (χ1) is 9.11. The number of H-pyrrole nitrogens is 1. The van der Waals surface area contributed by atoms with Crippen LogP contribution in [0.1, 0.15) is 27.2 Å². The van der Waals surface area contributed by atoms with Crippen LogP contribution in [0, 0.1) is 13.8 Å². The van der Waals surface area contributed by atoms with Gasteiger partial charge in [-0.15, -0.1) is 0 Å². The summed E-state index contributed by atoms with van der Waals surface area (Å²) in [5.74, 6) is 1.42. The van der Waals surface area contributed by atoms with Gasteiger partial charge in [0.2, 0.25) is 0 Å². The number of hydrogen-bond acceptors (Lipinski definition) is 3. The second kappa shape index (κ2) is 5.93. The maximum Gasteiger partial charge on any atom is 0.256 e. The van der Waals surface area contributed by atoms with E-state index in [4.69, 9.17) is 0 Å². The number of thioether (sulfide) groups is 1. The molecule has 5 heteroatoms. The van der Waals surface area contributed by atoms with E-state index < -0.39 is 0 Å². The van der Waals surface area contributed by atoms with Crippen molar-refractivity contribution in [3.8, 4) is 0 Å². The average Bonchev–Trinajstić information content (AvgIpc) is 2.72. The van der Waals surface area contributed by atoms with Crippen LogP contribution in [-0.4, -0.2) is 22.4 Å². The van der Waals surface area contributed by atoms with Crippen molar-refractivity contribution in [2.75, 3.05) is 11.6 Å². The highest BCUT2D eigenvalue weighted by Crippen LogP contribution is 2.16. The van der Waals surface area contributed by atoms with Crippen LogP contribution in [0.4, 0.5) is 5.82 Å². The van der Waals surface area contributed by atoms with E-state index in [1.54, 1.807) is 11.8 Å². The number of aryl methyl sites for hydroxylation is 1. The number of benzene rings is 1. The molecule has 0 saturated carbocycles. The Balaban J connectivity index is 2.09. The first-order valence-electron chi connectivity index (χ1n) is 6.02. The highest BCUT2D eigenvalue weighted by Gasteiger charge is 2.11. The van der Waals surface area contributed by atoms with Crippen molar-refractivity contribution in [1.29, 1.82) is 0 Å². The zero-order valence-corrected chi connectivity index (χ0v) is 12.1. The molecule has 0 aliphatic rings. The molecule has 1 aromatic heterocycles. The lowest BCUT2D eigenvalue weighted by Gasteiger charge is -2.04. The van der Waals surface area contributed by atoms with E-state index in [2.05, 4.69) is 21.8 Å². The molecule has 4 nitrogen and oxygen atoms in total. The van der Waals surface area contributed by atoms with Gasteiger partial charge in [-0.05, 0) is 37.8 Å². The summed E-state index contributed by atoms with van der Waals surface area (Å²) in [5, 5.41) is 9.73. The van der Waals surface area contributed by atoms with Gasteiger partial charge in [0.1, 0.15) is 0 Å². The van der Waals surface area contributed by atoms with Crippen LogP contribution in [0.2, 0.25) is 0 Å². The first-order valence-corrected chi connectivity index (χ1v) is 7.42. The average molecular weight is 275 g/mol. The summed E-state index contributed by atoms with van der Waals surface area (Å²) in [6.07, 6.45) is 2.06. The minimum atomic E-state index is -0.134. The minimum Gasteiger partial charge on any atom is -0.305 e. The van der Waals surface area contributed by atoms with Crippen molar-refractivity contribution < 1.29 is 4.79 Å². The summed E-state index contributed by atoms with van der Waals surface area (Å²) in [5.41, 5.74) is 3.79. The van der Waals surface area contributed by atoms with E-state index >= 15 is 0 Å². The molecule has 1 heterocycles. The molecule has 0 saturated heterocycles. The normalized spacial score (nSPS) is 10.5. The summed E-state index contributed by atoms with van der Waals surface area (Å²) < 4.78 is 0. The van der Waals surface area contributed by atoms with Crippen molar-refractivity contribution in [2.45, 2.75) is 19.6 Å². The maximum atomic E-state index is 12.1. The van der Waals surface area contributed by atoms with Crippen LogP contribution in [0.15, 0.2) is 24.3 Å². The first kappa shape index (κ1) is 13.7. The molecule has 0 bridgehead atoms. The molecule has 19 heavy (non-hydrogen) atoms. The van der Waals surface area contributed by atoms with E-state index in [0.717, 1.165) is 17.0 Å². The number of hydrogen-bond donors (Lipinski definition) is 2. The lowest BCUT2D eigenvalue weighted by atomic mass is 10.1. The lowest BCUT2D eigenvalue weighted by molar-refractivity contribution is 0.102. The second-order valence-electron chi connectivity index (χ2n) is 4.41. The SMILES string of the molecule is CSCc1ccc(C(=O)Nc2n[nH]c(C)c2C)cc1. The van der Waals surface area contributed by atoms with Crippen molar-refractivity contribution in [3.05, 3.63) is 46.6 Å². The molecule has 0 atom stereocenters. The highest BCUT2D eigenvalue weighted by atomic mass is 32.2. The summed E-state index contributed by atoms with van der Waals surface area (Å²) in [4.78, 5) is 12.1. The van der Waals surface area contributed by atoms with Crippen LogP contribution in [0.3, 0.4) is 0 Å². The molecule has 2 N–H and O–H groups in total. The maximum absolute atomic E-state index is 12.1. The van der Waals surface area contributed by atoms with Gasteiger partial charge in [0.25, 0.3) is 5.91 Å². The molecule has 1 aromatic carbocycles. The van der Waals surface area contributed by atoms with Gasteiger partial charge in [0.05, 0.1) is 0 Å². The van der Waals surface area contributed by atoms with Crippen LogP contribution in [-0.2, 0) is 5.75 Å². The van der Waals surface area contributed by atoms with Gasteiger partial charge in [0.15, 0.2) is 5.82 Å². The van der Waals surface area contributed by atoms with E-state index in [0.29, 0.717) is 11.4 Å². The number of carbonyl (C=O) groups is 1. The Labute approximate surface area is 117 Å². The van der Waals surface area contributed by atoms with Gasteiger partial charge in [0, 0.05) is 22.6 Å². The summed E-state index contributed by atoms with van der Waals surface area (Å²) >= 11 is 1.76. The molecule has 0 unspecified atom stereocenters. The summed E-state index contributed by atoms with van der Waals surface area (Å²) in [7, 11) is 0. The quantitative estimate of drug-likeness (QED) is 0.901. The fraction of sp³-hybridized carbons (Fsp3) is 0.286. The zero-order valence-electron chi connectivity index (χ0n) is 11.3. The predicted octanol–water partition coefficient (Wildman–Crippen LogP) is 3.14. The molecule has 0 aliphatic heterocycles. The fourth-order valence-corrected chi connectivity index (χ4v) is 2.23. The molecule has 0 aliphatic carbocycles. The van der Waals surface area contributed by atoms with Gasteiger partial charge in [-0.25, -0.2) is 0 Å². The Hall–Kier alpha value is -1.75. The lowest BCUT2D eigenvalue weighted by Crippen LogP contribution is -2.12. The Morgan fingerprint density at radius 3 is 2.53 bits per heavy atom. The van der Waals surface area contributed by atoms with Crippen molar-refractivity contribution >= 4 is 23.5 Å². The Morgan fingerprint density at radius 2 is 2.00 bits per heavy atom. The van der Waals surface area contributed by atoms with Gasteiger partial charge in [-0.2, -0.15) is 16.9 Å². The number of amides is 1. The third-order valence-corrected chi connectivity index (χ3v) is 3.63. The molecule has 2 aromatic rings. The number of anilines is 1. The summed E-state index contributed by atoms with van der Waals surface area (Å²) in [6, 6.07) is 7.65. The second-order valence-corrected chi connectivity index (χ2v) is 5.27. The van der Waals surface area contributed by atoms with Gasteiger partial charge in [-0.1, -0.05) is 12.1 Å². The molecule has 2 rings (SSSR count). The Bertz CT molecular complexity index is 575. The monoisotopic (exact) mass is 275 g/mol. The standard InChI is InChI=1S/C14H17N3OS/c1-9-10(2)16-17-13(9)15-14(18)12-6-4-11(5-7-12)8-19-3/h4-7H,8H2,1-3H3,(H2,15,16,17,18). The third kappa shape index (κ3) is 3.17. The van der Waals surface area contributed by atoms with Gasteiger partial charge >= 0.3 is 0 Å². The molecular formula is C14H17N3OS. The van der Waals surface area contributed by atoms with Gasteiger partial charge < -0.3 is 5.32 Å². The van der Waals surface area contributed by atoms with E-state index in [1.807, 2.05) is 38.1 Å². The number of aromatic amines is 1. The largest absolute Gasteiger partial charge is 0.305 e. The van der Waals surface area contributed by atoms with Crippen molar-refractivity contribution in [1.82, 2.24) is 10.2 Å². The van der Waals surface area contributed by atoms with Crippen LogP contribution >= 0.6 is 11.8 Å². The molecule has 0 radical (unpaired) electrons. The van der Waals surface area contributed by atoms with Crippen molar-refractivity contribution in [2.24, 2.45) is 0 Å². The fourth-order valence-electron chi connectivity index (χ4n) is 1.71. The number of nitrogens with one attached hydrogen (secondary N) is 2. The number of carbonyl (C=O) groups excluding carboxylic acids is 1. The predicted molar refractivity (Wildman–Crippen MR) is 79.7 cm³/mol. The number of aromatic nitrogens is 2. The number of rotatable bonds is 4. The molecule has 100 valence electrons. The Kier molecular flexibility index (Phi) is 4.27. The van der Waals surface area contributed by atoms with Crippen LogP contribution in [0.25, 0.3) is 0 Å². The van der Waals surface area contributed by atoms with E-state index in [-0.39, 0.29) is 5.91 Å². The molecule has 0 spiro atoms. The third-order valence-electron chi connectivity index (χ3n) is 3.01. The topological polar surface area (TPSA) is 57.8 Å². The highest BCUT2D eigenvalue weighted by molar-refractivity contribution is 7.97. The van der Waals surface area contributed by atoms with Gasteiger partial charge in [-0.3, -0.25) is 9.89 Å². The Morgan fingerprint density at radius 1 is 1.32 bits per heavy atom. The van der Waals surface area contributed by atoms with Crippen LogP contribution in [0.5, 0.6) is 0 Å². The number of nitrogens with zero attached hydrogens (tertiary/aromatic N) is 1. The van der Waals surface area contributed by atoms with E-state index in [9.17, 15) is 4.79 Å². The smallest absolute Gasteiger partial charge is 0.256 e. The molecule has 0 fully saturated rings. The molecule has 1 amide bonds. The minimum absolute atomic E-state index is 0.134. The zero-order chi connectivity index (χ0) is 13.8. The molecular weight excluding hydrogens is 258 g/mol. The summed E-state index contributed by atoms with van der Waals surface area (Å²) in [6.45, 7) is 3.85. The van der Waals surface area contributed by atoms with E-state index in [1.165, 1.54) is 5.56 Å². The van der Waals surface area contributed by atoms with Crippen LogP contribution < -0.4 is 5.32 Å². The van der Waals surface area contributed by atoms with Crippen molar-refractivity contribution in [3.63, 3.8) is 0 Å².